The molecule has 1 fully saturated rings. The summed E-state index contributed by atoms with van der Waals surface area (Å²) in [6.07, 6.45) is -0.182. The van der Waals surface area contributed by atoms with E-state index in [0.29, 0.717) is 13.1 Å². The summed E-state index contributed by atoms with van der Waals surface area (Å²) in [6, 6.07) is 10.3. The Balaban J connectivity index is 1.79. The molecule has 19 heavy (non-hydrogen) atoms. The maximum absolute atomic E-state index is 11.7. The Morgan fingerprint density at radius 2 is 1.68 bits per heavy atom. The lowest BCUT2D eigenvalue weighted by Gasteiger charge is -2.34. The first-order chi connectivity index (χ1) is 9.15. The van der Waals surface area contributed by atoms with E-state index in [2.05, 4.69) is 17.0 Å². The maximum atomic E-state index is 11.7. The van der Waals surface area contributed by atoms with Gasteiger partial charge in [0.15, 0.2) is 0 Å². The number of benzene rings is 1. The molecule has 1 aliphatic rings. The zero-order valence-corrected chi connectivity index (χ0v) is 10.9. The predicted octanol–water partition coefficient (Wildman–Crippen LogP) is 0.206. The van der Waals surface area contributed by atoms with Crippen LogP contribution in [-0.2, 0) is 16.1 Å². The molecule has 2 N–H and O–H groups in total. The first kappa shape index (κ1) is 13.5. The van der Waals surface area contributed by atoms with Crippen molar-refractivity contribution < 1.29 is 9.59 Å². The number of nitrogens with zero attached hydrogens (tertiary/aromatic N) is 2. The van der Waals surface area contributed by atoms with Gasteiger partial charge in [-0.25, -0.2) is 0 Å². The van der Waals surface area contributed by atoms with Gasteiger partial charge in [-0.15, -0.1) is 0 Å². The first-order valence-electron chi connectivity index (χ1n) is 6.47. The predicted molar refractivity (Wildman–Crippen MR) is 72.1 cm³/mol. The number of primary amides is 1. The molecular weight excluding hydrogens is 242 g/mol. The van der Waals surface area contributed by atoms with Crippen molar-refractivity contribution in [2.45, 2.75) is 13.0 Å². The number of nitrogens with two attached hydrogens (primary N) is 1. The molecule has 0 aromatic heterocycles. The van der Waals surface area contributed by atoms with Crippen LogP contribution in [0.25, 0.3) is 0 Å². The second-order valence-corrected chi connectivity index (χ2v) is 4.79. The van der Waals surface area contributed by atoms with E-state index in [0.717, 1.165) is 19.6 Å². The van der Waals surface area contributed by atoms with Crippen LogP contribution in [0.2, 0.25) is 0 Å². The summed E-state index contributed by atoms with van der Waals surface area (Å²) in [7, 11) is 0. The molecule has 0 aliphatic carbocycles. The van der Waals surface area contributed by atoms with Crippen molar-refractivity contribution in [3.63, 3.8) is 0 Å². The molecule has 1 aliphatic heterocycles. The van der Waals surface area contributed by atoms with Gasteiger partial charge in [0.2, 0.25) is 11.8 Å². The Morgan fingerprint density at radius 3 is 2.26 bits per heavy atom. The molecule has 0 unspecified atom stereocenters. The van der Waals surface area contributed by atoms with Gasteiger partial charge in [-0.2, -0.15) is 0 Å². The highest BCUT2D eigenvalue weighted by Gasteiger charge is 2.21. The summed E-state index contributed by atoms with van der Waals surface area (Å²) in [5.41, 5.74) is 6.31. The third kappa shape index (κ3) is 4.06. The van der Waals surface area contributed by atoms with Gasteiger partial charge in [0.25, 0.3) is 0 Å². The zero-order chi connectivity index (χ0) is 13.7. The van der Waals surface area contributed by atoms with E-state index in [-0.39, 0.29) is 12.3 Å². The minimum Gasteiger partial charge on any atom is -0.369 e. The van der Waals surface area contributed by atoms with Crippen molar-refractivity contribution in [1.82, 2.24) is 9.80 Å². The Hall–Kier alpha value is -1.88. The fraction of sp³-hybridized carbons (Fsp3) is 0.429. The molecule has 0 bridgehead atoms. The second-order valence-electron chi connectivity index (χ2n) is 4.79. The van der Waals surface area contributed by atoms with Crippen LogP contribution in [0.4, 0.5) is 0 Å². The molecule has 5 heteroatoms. The highest BCUT2D eigenvalue weighted by Crippen LogP contribution is 2.09. The Kier molecular flexibility index (Phi) is 4.52. The van der Waals surface area contributed by atoms with Crippen LogP contribution in [0.15, 0.2) is 30.3 Å². The SMILES string of the molecule is NC(=O)CC(=O)N1CCN(Cc2ccccc2)CC1. The van der Waals surface area contributed by atoms with Crippen molar-refractivity contribution in [2.75, 3.05) is 26.2 Å². The summed E-state index contributed by atoms with van der Waals surface area (Å²) in [5, 5.41) is 0. The number of carbonyl (C=O) groups excluding carboxylic acids is 2. The summed E-state index contributed by atoms with van der Waals surface area (Å²) >= 11 is 0. The number of hydrogen-bond acceptors (Lipinski definition) is 3. The van der Waals surface area contributed by atoms with Gasteiger partial charge in [0, 0.05) is 32.7 Å². The van der Waals surface area contributed by atoms with Gasteiger partial charge in [0.1, 0.15) is 6.42 Å². The lowest BCUT2D eigenvalue weighted by Crippen LogP contribution is -2.48. The molecule has 2 rings (SSSR count). The van der Waals surface area contributed by atoms with Crippen LogP contribution in [0.1, 0.15) is 12.0 Å². The van der Waals surface area contributed by atoms with Crippen molar-refractivity contribution >= 4 is 11.8 Å². The molecule has 1 saturated heterocycles. The van der Waals surface area contributed by atoms with Crippen LogP contribution >= 0.6 is 0 Å². The zero-order valence-electron chi connectivity index (χ0n) is 10.9. The van der Waals surface area contributed by atoms with E-state index in [1.807, 2.05) is 18.2 Å². The molecule has 102 valence electrons. The van der Waals surface area contributed by atoms with E-state index in [1.165, 1.54) is 5.56 Å². The number of rotatable bonds is 4. The molecule has 0 saturated carbocycles. The average Bonchev–Trinajstić information content (AvgIpc) is 2.40. The quantitative estimate of drug-likeness (QED) is 0.788. The Morgan fingerprint density at radius 1 is 1.05 bits per heavy atom. The molecule has 0 atom stereocenters. The fourth-order valence-electron chi connectivity index (χ4n) is 2.26. The minimum absolute atomic E-state index is 0.160. The third-order valence-electron chi connectivity index (χ3n) is 3.30. The van der Waals surface area contributed by atoms with E-state index < -0.39 is 5.91 Å². The molecule has 2 amide bonds. The smallest absolute Gasteiger partial charge is 0.232 e. The minimum atomic E-state index is -0.559. The summed E-state index contributed by atoms with van der Waals surface area (Å²) in [4.78, 5) is 26.4. The fourth-order valence-corrected chi connectivity index (χ4v) is 2.26. The van der Waals surface area contributed by atoms with Crippen molar-refractivity contribution in [2.24, 2.45) is 5.73 Å². The molecular formula is C14H19N3O2. The van der Waals surface area contributed by atoms with Crippen LogP contribution in [0, 0.1) is 0 Å². The highest BCUT2D eigenvalue weighted by atomic mass is 16.2. The number of amides is 2. The summed E-state index contributed by atoms with van der Waals surface area (Å²) in [5.74, 6) is -0.719. The molecule has 1 aromatic carbocycles. The first-order valence-corrected chi connectivity index (χ1v) is 6.47. The van der Waals surface area contributed by atoms with E-state index in [1.54, 1.807) is 4.90 Å². The molecule has 5 nitrogen and oxygen atoms in total. The normalized spacial score (nSPS) is 16.3. The largest absolute Gasteiger partial charge is 0.369 e. The van der Waals surface area contributed by atoms with Gasteiger partial charge >= 0.3 is 0 Å². The van der Waals surface area contributed by atoms with E-state index in [4.69, 9.17) is 5.73 Å². The topological polar surface area (TPSA) is 66.6 Å². The Labute approximate surface area is 113 Å². The van der Waals surface area contributed by atoms with Crippen LogP contribution in [0.5, 0.6) is 0 Å². The monoisotopic (exact) mass is 261 g/mol. The molecule has 0 radical (unpaired) electrons. The molecule has 0 spiro atoms. The molecule has 1 aromatic rings. The van der Waals surface area contributed by atoms with Gasteiger partial charge < -0.3 is 10.6 Å². The lowest BCUT2D eigenvalue weighted by atomic mass is 10.2. The maximum Gasteiger partial charge on any atom is 0.232 e. The van der Waals surface area contributed by atoms with Gasteiger partial charge in [-0.3, -0.25) is 14.5 Å². The highest BCUT2D eigenvalue weighted by molar-refractivity contribution is 5.96. The average molecular weight is 261 g/mol. The van der Waals surface area contributed by atoms with Crippen molar-refractivity contribution in [3.8, 4) is 0 Å². The van der Waals surface area contributed by atoms with E-state index in [9.17, 15) is 9.59 Å². The van der Waals surface area contributed by atoms with Crippen LogP contribution in [0.3, 0.4) is 0 Å². The third-order valence-corrected chi connectivity index (χ3v) is 3.30. The van der Waals surface area contributed by atoms with Gasteiger partial charge in [-0.05, 0) is 5.56 Å². The molecule has 1 heterocycles. The lowest BCUT2D eigenvalue weighted by molar-refractivity contribution is -0.136. The van der Waals surface area contributed by atoms with Crippen molar-refractivity contribution in [1.29, 1.82) is 0 Å². The number of hydrogen-bond donors (Lipinski definition) is 1. The summed E-state index contributed by atoms with van der Waals surface area (Å²) in [6.45, 7) is 3.90. The van der Waals surface area contributed by atoms with Crippen LogP contribution in [-0.4, -0.2) is 47.8 Å². The Bertz CT molecular complexity index is 439. The van der Waals surface area contributed by atoms with E-state index >= 15 is 0 Å². The number of piperazine rings is 1. The van der Waals surface area contributed by atoms with Crippen molar-refractivity contribution in [3.05, 3.63) is 35.9 Å². The standard InChI is InChI=1S/C14H19N3O2/c15-13(18)10-14(19)17-8-6-16(7-9-17)11-12-4-2-1-3-5-12/h1-5H,6-11H2,(H2,15,18). The summed E-state index contributed by atoms with van der Waals surface area (Å²) < 4.78 is 0. The second kappa shape index (κ2) is 6.33. The number of carbonyl (C=O) groups is 2. The van der Waals surface area contributed by atoms with Gasteiger partial charge in [0.05, 0.1) is 0 Å². The van der Waals surface area contributed by atoms with Crippen LogP contribution < -0.4 is 5.73 Å². The van der Waals surface area contributed by atoms with Gasteiger partial charge in [-0.1, -0.05) is 30.3 Å².